The molecule has 2 N–H and O–H groups in total. The quantitative estimate of drug-likeness (QED) is 0.783. The third-order valence-corrected chi connectivity index (χ3v) is 2.14. The Hall–Kier alpha value is -1.49. The smallest absolute Gasteiger partial charge is 0.305 e. The number of benzene rings is 1. The van der Waals surface area contributed by atoms with E-state index in [1.807, 2.05) is 0 Å². The van der Waals surface area contributed by atoms with Gasteiger partial charge >= 0.3 is 5.97 Å². The van der Waals surface area contributed by atoms with E-state index in [0.717, 1.165) is 0 Å². The summed E-state index contributed by atoms with van der Waals surface area (Å²) in [5.41, 5.74) is 0.636. The average Bonchev–Trinajstić information content (AvgIpc) is 2.25. The monoisotopic (exact) mass is 229 g/mol. The van der Waals surface area contributed by atoms with Crippen LogP contribution in [0, 0.1) is 5.82 Å². The van der Waals surface area contributed by atoms with Crippen LogP contribution >= 0.6 is 0 Å². The molecule has 88 valence electrons. The Balaban J connectivity index is 2.74. The van der Waals surface area contributed by atoms with Gasteiger partial charge in [-0.15, -0.1) is 0 Å². The van der Waals surface area contributed by atoms with Crippen molar-refractivity contribution in [3.05, 3.63) is 35.6 Å². The minimum absolute atomic E-state index is 0.0787. The van der Waals surface area contributed by atoms with Crippen LogP contribution in [-0.4, -0.2) is 24.3 Å². The molecule has 0 amide bonds. The van der Waals surface area contributed by atoms with Crippen molar-refractivity contribution in [3.63, 3.8) is 0 Å². The first kappa shape index (κ1) is 12.6. The van der Waals surface area contributed by atoms with Gasteiger partial charge in [0.15, 0.2) is 0 Å². The topological polar surface area (TPSA) is 49.3 Å². The van der Waals surface area contributed by atoms with Gasteiger partial charge in [0.25, 0.3) is 0 Å². The molecular weight excluding hydrogens is 216 g/mol. The molecule has 1 atom stereocenters. The lowest BCUT2D eigenvalue weighted by Crippen LogP contribution is -2.25. The molecule has 0 aliphatic heterocycles. The van der Waals surface area contributed by atoms with E-state index >= 15 is 0 Å². The number of alkyl halides is 1. The fourth-order valence-electron chi connectivity index (χ4n) is 1.41. The number of carboxylic acids is 1. The highest BCUT2D eigenvalue weighted by atomic mass is 19.1. The highest BCUT2D eigenvalue weighted by Crippen LogP contribution is 2.17. The Kier molecular flexibility index (Phi) is 4.85. The summed E-state index contributed by atoms with van der Waals surface area (Å²) in [6.45, 7) is -0.493. The van der Waals surface area contributed by atoms with Crippen LogP contribution in [0.3, 0.4) is 0 Å². The molecule has 0 unspecified atom stereocenters. The van der Waals surface area contributed by atoms with E-state index in [-0.39, 0.29) is 18.8 Å². The second-order valence-electron chi connectivity index (χ2n) is 3.35. The summed E-state index contributed by atoms with van der Waals surface area (Å²) in [7, 11) is 0. The molecule has 1 aromatic rings. The summed E-state index contributed by atoms with van der Waals surface area (Å²) in [6, 6.07) is 5.00. The van der Waals surface area contributed by atoms with E-state index in [9.17, 15) is 13.6 Å². The zero-order chi connectivity index (χ0) is 12.0. The van der Waals surface area contributed by atoms with Crippen LogP contribution in [0.15, 0.2) is 24.3 Å². The fourth-order valence-corrected chi connectivity index (χ4v) is 1.41. The van der Waals surface area contributed by atoms with Gasteiger partial charge in [0.05, 0.1) is 6.42 Å². The van der Waals surface area contributed by atoms with Crippen LogP contribution < -0.4 is 5.32 Å². The first-order valence-electron chi connectivity index (χ1n) is 4.90. The van der Waals surface area contributed by atoms with Crippen molar-refractivity contribution in [2.45, 2.75) is 12.5 Å². The molecule has 0 bridgehead atoms. The first-order chi connectivity index (χ1) is 7.63. The Morgan fingerprint density at radius 3 is 2.50 bits per heavy atom. The number of halogens is 2. The van der Waals surface area contributed by atoms with Crippen LogP contribution in [0.1, 0.15) is 18.0 Å². The van der Waals surface area contributed by atoms with E-state index in [1.165, 1.54) is 24.3 Å². The number of nitrogens with one attached hydrogen (secondary N) is 1. The Labute approximate surface area is 92.1 Å². The fraction of sp³-hybridized carbons (Fsp3) is 0.364. The van der Waals surface area contributed by atoms with Crippen LogP contribution in [0.5, 0.6) is 0 Å². The molecule has 0 saturated carbocycles. The van der Waals surface area contributed by atoms with Crippen LogP contribution in [0.25, 0.3) is 0 Å². The number of rotatable bonds is 6. The van der Waals surface area contributed by atoms with Crippen LogP contribution in [-0.2, 0) is 4.79 Å². The number of carbonyl (C=O) groups is 1. The molecule has 0 saturated heterocycles. The maximum absolute atomic E-state index is 12.7. The van der Waals surface area contributed by atoms with Gasteiger partial charge in [-0.25, -0.2) is 8.78 Å². The minimum Gasteiger partial charge on any atom is -0.481 e. The molecule has 1 rings (SSSR count). The van der Waals surface area contributed by atoms with Gasteiger partial charge in [0.2, 0.25) is 0 Å². The second-order valence-corrected chi connectivity index (χ2v) is 3.35. The van der Waals surface area contributed by atoms with Crippen LogP contribution in [0.4, 0.5) is 8.78 Å². The molecule has 0 aliphatic rings. The van der Waals surface area contributed by atoms with Gasteiger partial charge in [-0.3, -0.25) is 4.79 Å². The highest BCUT2D eigenvalue weighted by molar-refractivity contribution is 5.67. The van der Waals surface area contributed by atoms with E-state index in [1.54, 1.807) is 0 Å². The largest absolute Gasteiger partial charge is 0.481 e. The lowest BCUT2D eigenvalue weighted by molar-refractivity contribution is -0.137. The third-order valence-electron chi connectivity index (χ3n) is 2.14. The number of hydrogen-bond acceptors (Lipinski definition) is 2. The molecule has 1 aromatic carbocycles. The van der Waals surface area contributed by atoms with Gasteiger partial charge in [-0.1, -0.05) is 12.1 Å². The van der Waals surface area contributed by atoms with Crippen molar-refractivity contribution in [2.75, 3.05) is 13.2 Å². The minimum atomic E-state index is -0.985. The SMILES string of the molecule is O=C(O)C[C@@H](NCCF)c1ccc(F)cc1. The van der Waals surface area contributed by atoms with Gasteiger partial charge in [-0.2, -0.15) is 0 Å². The maximum Gasteiger partial charge on any atom is 0.305 e. The summed E-state index contributed by atoms with van der Waals surface area (Å²) < 4.78 is 24.7. The molecule has 0 radical (unpaired) electrons. The molecular formula is C11H13F2NO2. The standard InChI is InChI=1S/C11H13F2NO2/c12-5-6-14-10(7-11(15)16)8-1-3-9(13)4-2-8/h1-4,10,14H,5-7H2,(H,15,16)/t10-/m1/s1. The second kappa shape index (κ2) is 6.17. The normalized spacial score (nSPS) is 12.4. The predicted molar refractivity (Wildman–Crippen MR) is 55.4 cm³/mol. The lowest BCUT2D eigenvalue weighted by atomic mass is 10.0. The van der Waals surface area contributed by atoms with Gasteiger partial charge in [-0.05, 0) is 17.7 Å². The molecule has 0 fully saturated rings. The summed E-state index contributed by atoms with van der Waals surface area (Å²) >= 11 is 0. The van der Waals surface area contributed by atoms with E-state index in [0.29, 0.717) is 5.56 Å². The third kappa shape index (κ3) is 3.94. The molecule has 0 aliphatic carbocycles. The van der Waals surface area contributed by atoms with Gasteiger partial charge in [0.1, 0.15) is 12.5 Å². The zero-order valence-electron chi connectivity index (χ0n) is 8.62. The Morgan fingerprint density at radius 1 is 1.38 bits per heavy atom. The van der Waals surface area contributed by atoms with Crippen molar-refractivity contribution in [1.82, 2.24) is 5.32 Å². The summed E-state index contributed by atoms with van der Waals surface area (Å²) in [6.07, 6.45) is -0.161. The summed E-state index contributed by atoms with van der Waals surface area (Å²) in [4.78, 5) is 10.6. The average molecular weight is 229 g/mol. The van der Waals surface area contributed by atoms with Crippen molar-refractivity contribution in [1.29, 1.82) is 0 Å². The van der Waals surface area contributed by atoms with E-state index < -0.39 is 18.7 Å². The van der Waals surface area contributed by atoms with E-state index in [2.05, 4.69) is 5.32 Å². The number of aliphatic carboxylic acids is 1. The van der Waals surface area contributed by atoms with Crippen molar-refractivity contribution in [3.8, 4) is 0 Å². The Bertz CT molecular complexity index is 340. The van der Waals surface area contributed by atoms with Crippen molar-refractivity contribution in [2.24, 2.45) is 0 Å². The highest BCUT2D eigenvalue weighted by Gasteiger charge is 2.14. The predicted octanol–water partition coefficient (Wildman–Crippen LogP) is 1.90. The lowest BCUT2D eigenvalue weighted by Gasteiger charge is -2.16. The Morgan fingerprint density at radius 2 is 2.00 bits per heavy atom. The number of carboxylic acid groups (broad SMARTS) is 1. The maximum atomic E-state index is 12.7. The van der Waals surface area contributed by atoms with Crippen LogP contribution in [0.2, 0.25) is 0 Å². The molecule has 0 heterocycles. The van der Waals surface area contributed by atoms with Gasteiger partial charge < -0.3 is 10.4 Å². The van der Waals surface area contributed by atoms with Gasteiger partial charge in [0, 0.05) is 12.6 Å². The molecule has 5 heteroatoms. The molecule has 0 aromatic heterocycles. The zero-order valence-corrected chi connectivity index (χ0v) is 8.62. The first-order valence-corrected chi connectivity index (χ1v) is 4.90. The molecule has 3 nitrogen and oxygen atoms in total. The van der Waals surface area contributed by atoms with E-state index in [4.69, 9.17) is 5.11 Å². The summed E-state index contributed by atoms with van der Waals surface area (Å²) in [5.74, 6) is -1.37. The molecule has 0 spiro atoms. The van der Waals surface area contributed by atoms with Crippen molar-refractivity contribution < 1.29 is 18.7 Å². The molecule has 16 heavy (non-hydrogen) atoms. The number of hydrogen-bond donors (Lipinski definition) is 2. The van der Waals surface area contributed by atoms with Crippen molar-refractivity contribution >= 4 is 5.97 Å². The summed E-state index contributed by atoms with van der Waals surface area (Å²) in [5, 5.41) is 11.4.